The molecule has 0 unspecified atom stereocenters. The average molecular weight is 498 g/mol. The molecule has 36 heavy (non-hydrogen) atoms. The summed E-state index contributed by atoms with van der Waals surface area (Å²) in [6, 6.07) is 10.8. The number of methoxy groups -OCH3 is 2. The van der Waals surface area contributed by atoms with E-state index in [1.807, 2.05) is 11.0 Å². The molecule has 1 amide bonds. The maximum Gasteiger partial charge on any atom is 0.323 e. The van der Waals surface area contributed by atoms with Crippen LogP contribution in [-0.4, -0.2) is 67.5 Å². The van der Waals surface area contributed by atoms with Crippen molar-refractivity contribution in [2.75, 3.05) is 33.9 Å². The largest absolute Gasteiger partial charge is 0.497 e. The smallest absolute Gasteiger partial charge is 0.323 e. The number of esters is 1. The fraction of sp³-hybridized carbons (Fsp3) is 0.444. The molecule has 0 aromatic heterocycles. The third-order valence-corrected chi connectivity index (χ3v) is 6.66. The molecule has 1 saturated heterocycles. The fourth-order valence-corrected chi connectivity index (χ4v) is 4.87. The van der Waals surface area contributed by atoms with E-state index in [-0.39, 0.29) is 18.4 Å². The Morgan fingerprint density at radius 3 is 2.64 bits per heavy atom. The van der Waals surface area contributed by atoms with Crippen LogP contribution in [0.5, 0.6) is 11.5 Å². The van der Waals surface area contributed by atoms with Crippen molar-refractivity contribution >= 4 is 17.6 Å². The number of hydrogen-bond acceptors (Lipinski definition) is 7. The van der Waals surface area contributed by atoms with E-state index in [0.29, 0.717) is 48.8 Å². The molecule has 4 rings (SSSR count). The number of piperidine rings is 1. The first-order chi connectivity index (χ1) is 17.5. The highest BCUT2D eigenvalue weighted by atomic mass is 19.1. The summed E-state index contributed by atoms with van der Waals surface area (Å²) in [5.41, 5.74) is 1.57. The Balaban J connectivity index is 1.66. The molecule has 2 aromatic rings. The minimum absolute atomic E-state index is 0.00645. The lowest BCUT2D eigenvalue weighted by atomic mass is 9.97. The van der Waals surface area contributed by atoms with Gasteiger partial charge in [-0.2, -0.15) is 5.10 Å². The highest BCUT2D eigenvalue weighted by Gasteiger charge is 2.38. The van der Waals surface area contributed by atoms with Crippen LogP contribution in [0, 0.1) is 5.82 Å². The predicted molar refractivity (Wildman–Crippen MR) is 133 cm³/mol. The summed E-state index contributed by atoms with van der Waals surface area (Å²) in [5, 5.41) is 6.00. The number of halogens is 1. The molecular weight excluding hydrogens is 465 g/mol. The molecule has 9 heteroatoms. The van der Waals surface area contributed by atoms with E-state index in [2.05, 4.69) is 5.10 Å². The number of nitrogens with zero attached hydrogens (tertiary/aromatic N) is 3. The van der Waals surface area contributed by atoms with Gasteiger partial charge in [0.05, 0.1) is 39.1 Å². The van der Waals surface area contributed by atoms with E-state index in [1.165, 1.54) is 11.1 Å². The lowest BCUT2D eigenvalue weighted by Gasteiger charge is -2.34. The lowest BCUT2D eigenvalue weighted by Crippen LogP contribution is -2.49. The minimum atomic E-state index is -0.501. The summed E-state index contributed by atoms with van der Waals surface area (Å²) < 4.78 is 30.8. The number of carbonyl (C=O) groups is 2. The number of likely N-dealkylation sites (tertiary alicyclic amines) is 1. The van der Waals surface area contributed by atoms with E-state index in [9.17, 15) is 14.0 Å². The summed E-state index contributed by atoms with van der Waals surface area (Å²) in [7, 11) is 3.12. The fourth-order valence-electron chi connectivity index (χ4n) is 4.87. The van der Waals surface area contributed by atoms with Crippen molar-refractivity contribution in [1.29, 1.82) is 0 Å². The molecule has 0 spiro atoms. The van der Waals surface area contributed by atoms with Gasteiger partial charge in [0.1, 0.15) is 23.4 Å². The van der Waals surface area contributed by atoms with Gasteiger partial charge in [0.2, 0.25) is 0 Å². The molecule has 0 bridgehead atoms. The Morgan fingerprint density at radius 2 is 1.92 bits per heavy atom. The molecule has 0 aliphatic carbocycles. The molecule has 8 nitrogen and oxygen atoms in total. The quantitative estimate of drug-likeness (QED) is 0.514. The topological polar surface area (TPSA) is 80.7 Å². The molecule has 0 N–H and O–H groups in total. The van der Waals surface area contributed by atoms with Crippen LogP contribution < -0.4 is 9.47 Å². The van der Waals surface area contributed by atoms with Gasteiger partial charge in [-0.3, -0.25) is 14.5 Å². The first-order valence-electron chi connectivity index (χ1n) is 12.2. The van der Waals surface area contributed by atoms with Crippen molar-refractivity contribution in [3.05, 3.63) is 59.4 Å². The van der Waals surface area contributed by atoms with Crippen LogP contribution >= 0.6 is 0 Å². The van der Waals surface area contributed by atoms with E-state index < -0.39 is 17.9 Å². The highest BCUT2D eigenvalue weighted by Crippen LogP contribution is 2.39. The number of carbonyl (C=O) groups excluding carboxylic acids is 2. The summed E-state index contributed by atoms with van der Waals surface area (Å²) >= 11 is 0. The van der Waals surface area contributed by atoms with Crippen LogP contribution in [-0.2, 0) is 14.3 Å². The molecule has 0 saturated carbocycles. The Kier molecular flexibility index (Phi) is 8.20. The predicted octanol–water partition coefficient (Wildman–Crippen LogP) is 3.94. The third-order valence-electron chi connectivity index (χ3n) is 6.66. The van der Waals surface area contributed by atoms with Gasteiger partial charge in [0, 0.05) is 23.6 Å². The second-order valence-corrected chi connectivity index (χ2v) is 8.83. The van der Waals surface area contributed by atoms with Crippen LogP contribution in [0.4, 0.5) is 4.39 Å². The van der Waals surface area contributed by atoms with Gasteiger partial charge in [-0.1, -0.05) is 24.6 Å². The lowest BCUT2D eigenvalue weighted by molar-refractivity contribution is -0.152. The second-order valence-electron chi connectivity index (χ2n) is 8.83. The van der Waals surface area contributed by atoms with Crippen LogP contribution in [0.15, 0.2) is 47.6 Å². The molecular formula is C27H32FN3O5. The normalized spacial score (nSPS) is 20.1. The molecule has 2 aliphatic rings. The molecule has 2 aliphatic heterocycles. The van der Waals surface area contributed by atoms with Crippen molar-refractivity contribution in [3.63, 3.8) is 0 Å². The van der Waals surface area contributed by atoms with E-state index in [4.69, 9.17) is 14.2 Å². The second kappa shape index (κ2) is 11.5. The van der Waals surface area contributed by atoms with E-state index in [1.54, 1.807) is 51.5 Å². The molecule has 192 valence electrons. The van der Waals surface area contributed by atoms with Crippen LogP contribution in [0.2, 0.25) is 0 Å². The van der Waals surface area contributed by atoms with Gasteiger partial charge in [-0.25, -0.2) is 9.40 Å². The molecule has 2 atom stereocenters. The van der Waals surface area contributed by atoms with Crippen molar-refractivity contribution in [2.45, 2.75) is 44.7 Å². The van der Waals surface area contributed by atoms with E-state index >= 15 is 0 Å². The van der Waals surface area contributed by atoms with Gasteiger partial charge >= 0.3 is 5.97 Å². The molecule has 2 heterocycles. The SMILES string of the molecule is CCOC(=O)[C@@H]1CCCCN1CC(=O)N1N=C(c2ccccc2F)C[C@@H]1c1ccc(OC)cc1OC. The number of hydrogen-bond donors (Lipinski definition) is 0. The zero-order chi connectivity index (χ0) is 25.7. The number of benzene rings is 2. The molecule has 2 aromatic carbocycles. The first-order valence-corrected chi connectivity index (χ1v) is 12.2. The van der Waals surface area contributed by atoms with Gasteiger partial charge < -0.3 is 14.2 Å². The zero-order valence-corrected chi connectivity index (χ0v) is 20.9. The van der Waals surface area contributed by atoms with Crippen LogP contribution in [0.1, 0.15) is 49.8 Å². The van der Waals surface area contributed by atoms with Gasteiger partial charge in [-0.15, -0.1) is 0 Å². The van der Waals surface area contributed by atoms with Gasteiger partial charge in [0.15, 0.2) is 0 Å². The zero-order valence-electron chi connectivity index (χ0n) is 20.9. The summed E-state index contributed by atoms with van der Waals surface area (Å²) in [6.07, 6.45) is 2.75. The Bertz CT molecular complexity index is 1140. The number of ether oxygens (including phenoxy) is 3. The van der Waals surface area contributed by atoms with Crippen molar-refractivity contribution in [3.8, 4) is 11.5 Å². The van der Waals surface area contributed by atoms with Crippen LogP contribution in [0.3, 0.4) is 0 Å². The number of amides is 1. The Hall–Kier alpha value is -3.46. The Labute approximate surface area is 210 Å². The number of rotatable bonds is 8. The van der Waals surface area contributed by atoms with Crippen LogP contribution in [0.25, 0.3) is 0 Å². The maximum atomic E-state index is 14.6. The highest BCUT2D eigenvalue weighted by molar-refractivity contribution is 6.03. The molecule has 0 radical (unpaired) electrons. The summed E-state index contributed by atoms with van der Waals surface area (Å²) in [4.78, 5) is 28.1. The molecule has 1 fully saturated rings. The third kappa shape index (κ3) is 5.36. The van der Waals surface area contributed by atoms with Gasteiger partial charge in [-0.05, 0) is 44.5 Å². The van der Waals surface area contributed by atoms with Crippen molar-refractivity contribution in [2.24, 2.45) is 5.10 Å². The van der Waals surface area contributed by atoms with Gasteiger partial charge in [0.25, 0.3) is 5.91 Å². The standard InChI is InChI=1S/C27H32FN3O5/c1-4-36-27(33)23-11-7-8-14-30(23)17-26(32)31-24(20-13-12-18(34-2)15-25(20)35-3)16-22(29-31)19-9-5-6-10-21(19)28/h5-6,9-10,12-13,15,23-24H,4,7-8,11,14,16-17H2,1-3H3/t23-,24+/m0/s1. The summed E-state index contributed by atoms with van der Waals surface area (Å²) in [6.45, 7) is 2.68. The number of hydrazone groups is 1. The average Bonchev–Trinajstić information content (AvgIpc) is 3.34. The Morgan fingerprint density at radius 1 is 1.11 bits per heavy atom. The van der Waals surface area contributed by atoms with E-state index in [0.717, 1.165) is 18.4 Å². The monoisotopic (exact) mass is 497 g/mol. The van der Waals surface area contributed by atoms with Crippen molar-refractivity contribution < 1.29 is 28.2 Å². The summed E-state index contributed by atoms with van der Waals surface area (Å²) in [5.74, 6) is 0.178. The minimum Gasteiger partial charge on any atom is -0.497 e. The van der Waals surface area contributed by atoms with Crippen molar-refractivity contribution in [1.82, 2.24) is 9.91 Å². The maximum absolute atomic E-state index is 14.6. The first kappa shape index (κ1) is 25.6.